The average Bonchev–Trinajstić information content (AvgIpc) is 3.16. The van der Waals surface area contributed by atoms with Gasteiger partial charge in [0, 0.05) is 24.2 Å². The summed E-state index contributed by atoms with van der Waals surface area (Å²) in [7, 11) is 1.95. The molecular formula is C20H20N4OS. The van der Waals surface area contributed by atoms with E-state index in [1.165, 1.54) is 16.7 Å². The molecule has 0 spiro atoms. The van der Waals surface area contributed by atoms with Crippen LogP contribution in [-0.4, -0.2) is 20.3 Å². The number of aromatic nitrogens is 3. The van der Waals surface area contributed by atoms with E-state index in [1.54, 1.807) is 6.07 Å². The third kappa shape index (κ3) is 2.66. The average molecular weight is 364 g/mol. The highest BCUT2D eigenvalue weighted by atomic mass is 32.1. The molecule has 6 heteroatoms. The summed E-state index contributed by atoms with van der Waals surface area (Å²) in [5.41, 5.74) is 2.45. The summed E-state index contributed by atoms with van der Waals surface area (Å²) < 4.78 is 4.95. The first kappa shape index (κ1) is 16.7. The maximum absolute atomic E-state index is 12.6. The summed E-state index contributed by atoms with van der Waals surface area (Å²) >= 11 is 1.52. The van der Waals surface area contributed by atoms with E-state index in [1.807, 2.05) is 49.2 Å². The molecule has 0 aliphatic heterocycles. The minimum Gasteiger partial charge on any atom is -0.319 e. The summed E-state index contributed by atoms with van der Waals surface area (Å²) in [4.78, 5) is 17.7. The quantitative estimate of drug-likeness (QED) is 0.535. The summed E-state index contributed by atoms with van der Waals surface area (Å²) in [5, 5.41) is 6.75. The number of hydrogen-bond donors (Lipinski definition) is 0. The fourth-order valence-corrected chi connectivity index (χ4v) is 4.32. The second-order valence-corrected chi connectivity index (χ2v) is 7.71. The third-order valence-corrected chi connectivity index (χ3v) is 5.61. The molecule has 0 atom stereocenters. The predicted octanol–water partition coefficient (Wildman–Crippen LogP) is 4.22. The summed E-state index contributed by atoms with van der Waals surface area (Å²) in [6.07, 6.45) is 0. The van der Waals surface area contributed by atoms with E-state index in [2.05, 4.69) is 34.4 Å². The zero-order valence-corrected chi connectivity index (χ0v) is 16.0. The number of hydrogen-bond acceptors (Lipinski definition) is 3. The van der Waals surface area contributed by atoms with Crippen LogP contribution in [0.1, 0.15) is 36.1 Å². The van der Waals surface area contributed by atoms with Crippen LogP contribution in [0.4, 0.5) is 0 Å². The molecule has 0 saturated heterocycles. The highest BCUT2D eigenvalue weighted by molar-refractivity contribution is 7.16. The summed E-state index contributed by atoms with van der Waals surface area (Å²) in [6, 6.07) is 14.5. The van der Waals surface area contributed by atoms with Crippen LogP contribution < -0.4 is 4.80 Å². The van der Waals surface area contributed by atoms with Crippen molar-refractivity contribution >= 4 is 38.2 Å². The van der Waals surface area contributed by atoms with Crippen LogP contribution in [0.3, 0.4) is 0 Å². The van der Waals surface area contributed by atoms with Crippen molar-refractivity contribution in [1.29, 1.82) is 0 Å². The first-order valence-corrected chi connectivity index (χ1v) is 9.40. The number of carbonyl (C=O) groups is 1. The molecular weight excluding hydrogens is 344 g/mol. The molecule has 0 aliphatic rings. The van der Waals surface area contributed by atoms with Gasteiger partial charge in [0.15, 0.2) is 10.5 Å². The molecule has 2 aromatic carbocycles. The van der Waals surface area contributed by atoms with E-state index in [9.17, 15) is 4.79 Å². The van der Waals surface area contributed by atoms with E-state index in [0.717, 1.165) is 21.3 Å². The Kier molecular flexibility index (Phi) is 4.00. The van der Waals surface area contributed by atoms with Crippen molar-refractivity contribution in [3.63, 3.8) is 0 Å². The van der Waals surface area contributed by atoms with Crippen LogP contribution in [-0.2, 0) is 7.05 Å². The lowest BCUT2D eigenvalue weighted by atomic mass is 10.1. The van der Waals surface area contributed by atoms with Gasteiger partial charge in [0.1, 0.15) is 0 Å². The van der Waals surface area contributed by atoms with Crippen LogP contribution in [0.2, 0.25) is 0 Å². The molecule has 2 heterocycles. The molecule has 0 aliphatic carbocycles. The van der Waals surface area contributed by atoms with E-state index in [0.29, 0.717) is 10.5 Å². The lowest BCUT2D eigenvalue weighted by Crippen LogP contribution is -2.14. The largest absolute Gasteiger partial charge is 0.319 e. The van der Waals surface area contributed by atoms with Crippen molar-refractivity contribution in [2.75, 3.05) is 0 Å². The first-order valence-electron chi connectivity index (χ1n) is 8.58. The Bertz CT molecular complexity index is 1210. The van der Waals surface area contributed by atoms with Crippen LogP contribution in [0, 0.1) is 6.92 Å². The number of nitrogens with zero attached hydrogens (tertiary/aromatic N) is 4. The van der Waals surface area contributed by atoms with Crippen molar-refractivity contribution in [3.8, 4) is 0 Å². The van der Waals surface area contributed by atoms with E-state index in [-0.39, 0.29) is 11.9 Å². The minimum atomic E-state index is -0.307. The summed E-state index contributed by atoms with van der Waals surface area (Å²) in [6.45, 7) is 6.04. The molecule has 0 saturated carbocycles. The lowest BCUT2D eigenvalue weighted by Gasteiger charge is -2.06. The molecule has 0 unspecified atom stereocenters. The van der Waals surface area contributed by atoms with Crippen molar-refractivity contribution in [1.82, 2.24) is 14.3 Å². The normalized spacial score (nSPS) is 12.6. The predicted molar refractivity (Wildman–Crippen MR) is 106 cm³/mol. The maximum Gasteiger partial charge on any atom is 0.300 e. The van der Waals surface area contributed by atoms with Gasteiger partial charge in [-0.2, -0.15) is 10.1 Å². The highest BCUT2D eigenvalue weighted by Crippen LogP contribution is 2.26. The Balaban J connectivity index is 1.86. The fraction of sp³-hybridized carbons (Fsp3) is 0.250. The molecule has 0 fully saturated rings. The second-order valence-electron chi connectivity index (χ2n) is 6.70. The molecule has 4 aromatic rings. The Morgan fingerprint density at radius 2 is 1.96 bits per heavy atom. The molecule has 0 radical (unpaired) electrons. The van der Waals surface area contributed by atoms with Crippen molar-refractivity contribution in [3.05, 3.63) is 58.7 Å². The molecule has 1 amide bonds. The summed E-state index contributed by atoms with van der Waals surface area (Å²) in [5.74, 6) is -0.307. The molecule has 0 N–H and O–H groups in total. The fourth-order valence-electron chi connectivity index (χ4n) is 3.28. The molecule has 0 bridgehead atoms. The monoisotopic (exact) mass is 364 g/mol. The number of amides is 1. The van der Waals surface area contributed by atoms with Gasteiger partial charge in [0.2, 0.25) is 0 Å². The van der Waals surface area contributed by atoms with Crippen molar-refractivity contribution in [2.45, 2.75) is 26.8 Å². The zero-order chi connectivity index (χ0) is 18.4. The van der Waals surface area contributed by atoms with Gasteiger partial charge in [-0.1, -0.05) is 41.7 Å². The zero-order valence-electron chi connectivity index (χ0n) is 15.2. The van der Waals surface area contributed by atoms with Crippen LogP contribution in [0.15, 0.2) is 47.5 Å². The van der Waals surface area contributed by atoms with E-state index < -0.39 is 0 Å². The standard InChI is InChI=1S/C20H20N4OS/c1-12(2)24-13(3)11-16(22-24)19(25)21-20-23(4)18-15-8-6-5-7-14(15)9-10-17(18)26-20/h5-12H,1-4H3. The van der Waals surface area contributed by atoms with Crippen LogP contribution >= 0.6 is 11.3 Å². The highest BCUT2D eigenvalue weighted by Gasteiger charge is 2.14. The molecule has 5 nitrogen and oxygen atoms in total. The number of fused-ring (bicyclic) bond motifs is 3. The van der Waals surface area contributed by atoms with Gasteiger partial charge < -0.3 is 4.57 Å². The number of carbonyl (C=O) groups excluding carboxylic acids is 1. The van der Waals surface area contributed by atoms with E-state index >= 15 is 0 Å². The van der Waals surface area contributed by atoms with Gasteiger partial charge in [-0.05, 0) is 38.3 Å². The van der Waals surface area contributed by atoms with Crippen molar-refractivity contribution in [2.24, 2.45) is 12.0 Å². The van der Waals surface area contributed by atoms with Gasteiger partial charge in [0.25, 0.3) is 5.91 Å². The molecule has 4 rings (SSSR count). The second kappa shape index (κ2) is 6.21. The maximum atomic E-state index is 12.6. The number of thiazole rings is 1. The molecule has 132 valence electrons. The third-order valence-electron chi connectivity index (χ3n) is 4.52. The Hall–Kier alpha value is -2.73. The van der Waals surface area contributed by atoms with E-state index in [4.69, 9.17) is 0 Å². The minimum absolute atomic E-state index is 0.211. The first-order chi connectivity index (χ1) is 12.5. The SMILES string of the molecule is Cc1cc(C(=O)N=c2sc3ccc4ccccc4c3n2C)nn1C(C)C. The number of benzene rings is 2. The van der Waals surface area contributed by atoms with Gasteiger partial charge in [-0.15, -0.1) is 0 Å². The topological polar surface area (TPSA) is 52.2 Å². The van der Waals surface area contributed by atoms with Gasteiger partial charge in [-0.25, -0.2) is 0 Å². The lowest BCUT2D eigenvalue weighted by molar-refractivity contribution is 0.0992. The Morgan fingerprint density at radius 1 is 1.19 bits per heavy atom. The smallest absolute Gasteiger partial charge is 0.300 e. The number of rotatable bonds is 2. The van der Waals surface area contributed by atoms with Crippen LogP contribution in [0.5, 0.6) is 0 Å². The number of aryl methyl sites for hydroxylation is 2. The Morgan fingerprint density at radius 3 is 2.69 bits per heavy atom. The Labute approximate surface area is 155 Å². The molecule has 2 aromatic heterocycles. The van der Waals surface area contributed by atoms with Crippen molar-refractivity contribution < 1.29 is 4.79 Å². The van der Waals surface area contributed by atoms with Gasteiger partial charge in [0.05, 0.1) is 10.2 Å². The van der Waals surface area contributed by atoms with Gasteiger partial charge in [-0.3, -0.25) is 9.48 Å². The van der Waals surface area contributed by atoms with Gasteiger partial charge >= 0.3 is 0 Å². The van der Waals surface area contributed by atoms with Crippen LogP contribution in [0.25, 0.3) is 21.0 Å². The molecule has 26 heavy (non-hydrogen) atoms.